The topological polar surface area (TPSA) is 105 Å². The van der Waals surface area contributed by atoms with Crippen molar-refractivity contribution >= 4 is 35.7 Å². The summed E-state index contributed by atoms with van der Waals surface area (Å²) >= 11 is 0. The van der Waals surface area contributed by atoms with Crippen LogP contribution in [0, 0.1) is 5.92 Å². The van der Waals surface area contributed by atoms with Crippen LogP contribution in [0.3, 0.4) is 0 Å². The van der Waals surface area contributed by atoms with Crippen molar-refractivity contribution in [1.29, 1.82) is 0 Å². The molecule has 1 saturated heterocycles. The van der Waals surface area contributed by atoms with Gasteiger partial charge in [0.1, 0.15) is 0 Å². The van der Waals surface area contributed by atoms with Crippen LogP contribution in [0.15, 0.2) is 54.6 Å². The molecule has 0 radical (unpaired) electrons. The highest BCUT2D eigenvalue weighted by Crippen LogP contribution is 2.18. The number of amides is 3. The Kier molecular flexibility index (Phi) is 8.92. The summed E-state index contributed by atoms with van der Waals surface area (Å²) in [5, 5.41) is 8.44. The lowest BCUT2D eigenvalue weighted by Crippen LogP contribution is -2.46. The van der Waals surface area contributed by atoms with Gasteiger partial charge >= 0.3 is 6.03 Å². The predicted molar refractivity (Wildman–Crippen MR) is 116 cm³/mol. The van der Waals surface area contributed by atoms with Crippen LogP contribution in [0.1, 0.15) is 18.4 Å². The third-order valence-corrected chi connectivity index (χ3v) is 4.76. The summed E-state index contributed by atoms with van der Waals surface area (Å²) in [4.78, 5) is 24.4. The summed E-state index contributed by atoms with van der Waals surface area (Å²) in [7, 11) is 0. The van der Waals surface area contributed by atoms with Crippen molar-refractivity contribution in [2.45, 2.75) is 25.4 Å². The van der Waals surface area contributed by atoms with Gasteiger partial charge in [0.25, 0.3) is 0 Å². The highest BCUT2D eigenvalue weighted by molar-refractivity contribution is 5.99. The average Bonchev–Trinajstić information content (AvgIpc) is 2.73. The first-order valence-corrected chi connectivity index (χ1v) is 9.45. The lowest BCUT2D eigenvalue weighted by atomic mass is 9.92. The fourth-order valence-electron chi connectivity index (χ4n) is 3.17. The molecule has 2 aromatic carbocycles. The zero-order chi connectivity index (χ0) is 19.8. The van der Waals surface area contributed by atoms with Gasteiger partial charge in [-0.05, 0) is 48.6 Å². The normalized spacial score (nSPS) is 14.9. The van der Waals surface area contributed by atoms with Gasteiger partial charge in [0.05, 0.1) is 6.04 Å². The molecule has 1 heterocycles. The van der Waals surface area contributed by atoms with E-state index in [1.54, 1.807) is 6.07 Å². The zero-order valence-corrected chi connectivity index (χ0v) is 16.9. The summed E-state index contributed by atoms with van der Waals surface area (Å²) in [5.41, 5.74) is 8.33. The molecule has 0 aliphatic carbocycles. The average molecular weight is 419 g/mol. The minimum Gasteiger partial charge on any atom is -0.381 e. The molecule has 29 heavy (non-hydrogen) atoms. The van der Waals surface area contributed by atoms with Crippen LogP contribution in [-0.2, 0) is 16.1 Å². The van der Waals surface area contributed by atoms with Crippen LogP contribution in [-0.4, -0.2) is 31.2 Å². The Hall–Kier alpha value is -2.61. The number of rotatable bonds is 6. The standard InChI is InChI=1S/C21H26N4O3.ClH/c22-19(16-9-11-28-12-10-16)20(26)23-14-15-5-4-8-18(13-15)25-21(27)24-17-6-2-1-3-7-17;/h1-8,13,16,19H,9-12,14,22H2,(H,23,26)(H2,24,25,27);1H. The first kappa shape index (κ1) is 22.7. The summed E-state index contributed by atoms with van der Waals surface area (Å²) in [6.07, 6.45) is 1.62. The number of anilines is 2. The number of ether oxygens (including phenoxy) is 1. The molecule has 1 aliphatic rings. The Morgan fingerprint density at radius 3 is 2.38 bits per heavy atom. The van der Waals surface area contributed by atoms with E-state index < -0.39 is 6.04 Å². The van der Waals surface area contributed by atoms with Crippen LogP contribution >= 0.6 is 12.4 Å². The molecule has 1 fully saturated rings. The van der Waals surface area contributed by atoms with Crippen molar-refractivity contribution in [3.63, 3.8) is 0 Å². The fourth-order valence-corrected chi connectivity index (χ4v) is 3.17. The number of carbonyl (C=O) groups is 2. The number of halogens is 1. The maximum atomic E-state index is 12.3. The second-order valence-corrected chi connectivity index (χ2v) is 6.84. The van der Waals surface area contributed by atoms with Crippen molar-refractivity contribution in [1.82, 2.24) is 5.32 Å². The third-order valence-electron chi connectivity index (χ3n) is 4.76. The number of carbonyl (C=O) groups excluding carboxylic acids is 2. The van der Waals surface area contributed by atoms with Crippen molar-refractivity contribution in [2.75, 3.05) is 23.8 Å². The molecule has 3 rings (SSSR count). The molecule has 1 atom stereocenters. The number of hydrogen-bond acceptors (Lipinski definition) is 4. The van der Waals surface area contributed by atoms with Crippen molar-refractivity contribution in [2.24, 2.45) is 11.7 Å². The van der Waals surface area contributed by atoms with Gasteiger partial charge in [-0.1, -0.05) is 30.3 Å². The van der Waals surface area contributed by atoms with E-state index in [1.807, 2.05) is 48.5 Å². The molecule has 0 aromatic heterocycles. The molecule has 5 N–H and O–H groups in total. The van der Waals surface area contributed by atoms with Crippen LogP contribution in [0.4, 0.5) is 16.2 Å². The van der Waals surface area contributed by atoms with Gasteiger partial charge in [0.15, 0.2) is 0 Å². The van der Waals surface area contributed by atoms with Crippen LogP contribution < -0.4 is 21.7 Å². The lowest BCUT2D eigenvalue weighted by Gasteiger charge is -2.26. The van der Waals surface area contributed by atoms with Gasteiger partial charge < -0.3 is 26.4 Å². The Balaban J connectivity index is 0.00000300. The molecule has 1 unspecified atom stereocenters. The highest BCUT2D eigenvalue weighted by Gasteiger charge is 2.26. The molecule has 8 heteroatoms. The SMILES string of the molecule is Cl.NC(C(=O)NCc1cccc(NC(=O)Nc2ccccc2)c1)C1CCOCC1. The number of nitrogens with two attached hydrogens (primary N) is 1. The van der Waals surface area contributed by atoms with E-state index >= 15 is 0 Å². The van der Waals surface area contributed by atoms with Crippen LogP contribution in [0.2, 0.25) is 0 Å². The monoisotopic (exact) mass is 418 g/mol. The molecule has 156 valence electrons. The first-order chi connectivity index (χ1) is 13.6. The van der Waals surface area contributed by atoms with Gasteiger partial charge in [-0.15, -0.1) is 12.4 Å². The molecule has 1 aliphatic heterocycles. The molecular formula is C21H27ClN4O3. The number of benzene rings is 2. The predicted octanol–water partition coefficient (Wildman–Crippen LogP) is 3.12. The smallest absolute Gasteiger partial charge is 0.323 e. The van der Waals surface area contributed by atoms with Gasteiger partial charge in [0.2, 0.25) is 5.91 Å². The van der Waals surface area contributed by atoms with Crippen molar-refractivity contribution in [3.05, 3.63) is 60.2 Å². The van der Waals surface area contributed by atoms with E-state index in [0.29, 0.717) is 31.1 Å². The molecule has 3 amide bonds. The molecule has 2 aromatic rings. The molecule has 0 spiro atoms. The van der Waals surface area contributed by atoms with Gasteiger partial charge in [0, 0.05) is 31.1 Å². The minimum absolute atomic E-state index is 0. The van der Waals surface area contributed by atoms with E-state index in [4.69, 9.17) is 10.5 Å². The Labute approximate surface area is 176 Å². The molecule has 0 bridgehead atoms. The van der Waals surface area contributed by atoms with Crippen LogP contribution in [0.5, 0.6) is 0 Å². The van der Waals surface area contributed by atoms with Crippen molar-refractivity contribution in [3.8, 4) is 0 Å². The van der Waals surface area contributed by atoms with Crippen LogP contribution in [0.25, 0.3) is 0 Å². The van der Waals surface area contributed by atoms with Gasteiger partial charge in [-0.25, -0.2) is 4.79 Å². The minimum atomic E-state index is -0.526. The summed E-state index contributed by atoms with van der Waals surface area (Å²) in [5.74, 6) is -0.00415. The Morgan fingerprint density at radius 1 is 1.00 bits per heavy atom. The first-order valence-electron chi connectivity index (χ1n) is 9.45. The number of hydrogen-bond donors (Lipinski definition) is 4. The summed E-state index contributed by atoms with van der Waals surface area (Å²) in [6.45, 7) is 1.67. The quantitative estimate of drug-likeness (QED) is 0.578. The summed E-state index contributed by atoms with van der Waals surface area (Å²) < 4.78 is 5.31. The maximum absolute atomic E-state index is 12.3. The molecule has 0 saturated carbocycles. The fraction of sp³-hybridized carbons (Fsp3) is 0.333. The molecule has 7 nitrogen and oxygen atoms in total. The van der Waals surface area contributed by atoms with E-state index in [2.05, 4.69) is 16.0 Å². The van der Waals surface area contributed by atoms with E-state index in [1.165, 1.54) is 0 Å². The van der Waals surface area contributed by atoms with E-state index in [0.717, 1.165) is 18.4 Å². The van der Waals surface area contributed by atoms with Crippen molar-refractivity contribution < 1.29 is 14.3 Å². The third kappa shape index (κ3) is 7.05. The van der Waals surface area contributed by atoms with E-state index in [9.17, 15) is 9.59 Å². The van der Waals surface area contributed by atoms with Gasteiger partial charge in [-0.2, -0.15) is 0 Å². The highest BCUT2D eigenvalue weighted by atomic mass is 35.5. The molecular weight excluding hydrogens is 392 g/mol. The second-order valence-electron chi connectivity index (χ2n) is 6.84. The maximum Gasteiger partial charge on any atom is 0.323 e. The van der Waals surface area contributed by atoms with E-state index in [-0.39, 0.29) is 30.3 Å². The summed E-state index contributed by atoms with van der Waals surface area (Å²) in [6, 6.07) is 15.7. The number of nitrogens with one attached hydrogen (secondary N) is 3. The number of urea groups is 1. The number of para-hydroxylation sites is 1. The largest absolute Gasteiger partial charge is 0.381 e. The zero-order valence-electron chi connectivity index (χ0n) is 16.1. The lowest BCUT2D eigenvalue weighted by molar-refractivity contribution is -0.124. The Morgan fingerprint density at radius 2 is 1.66 bits per heavy atom. The van der Waals surface area contributed by atoms with Gasteiger partial charge in [-0.3, -0.25) is 4.79 Å². The second kappa shape index (κ2) is 11.4. The Bertz CT molecular complexity index is 798.